The highest BCUT2D eigenvalue weighted by atomic mass is 16.3. The molecule has 5 nitrogen and oxygen atoms in total. The second-order valence-corrected chi connectivity index (χ2v) is 7.48. The highest BCUT2D eigenvalue weighted by Gasteiger charge is 2.65. The van der Waals surface area contributed by atoms with Gasteiger partial charge in [0.15, 0.2) is 11.2 Å². The Morgan fingerprint density at radius 3 is 2.59 bits per heavy atom. The topological polar surface area (TPSA) is 81.0 Å². The summed E-state index contributed by atoms with van der Waals surface area (Å²) in [5, 5.41) is 20.3. The Morgan fingerprint density at radius 2 is 1.93 bits per heavy atom. The number of carbonyl (C=O) groups is 1. The standard InChI is InChI=1S/C22H17N3O2/c23-12-22(13-24)18-10-9-14-4-1-2-5-16(14)25(18)20(21(26)15-7-8-15)19(22)17-6-3-11-27-17/h1-6,9-11,15,18-20H,7-8H2/t18-,19-,20+/m0/s1. The van der Waals surface area contributed by atoms with E-state index in [2.05, 4.69) is 12.1 Å². The van der Waals surface area contributed by atoms with Crippen molar-refractivity contribution < 1.29 is 9.21 Å². The van der Waals surface area contributed by atoms with Gasteiger partial charge in [-0.2, -0.15) is 10.5 Å². The number of nitrogens with zero attached hydrogens (tertiary/aromatic N) is 3. The zero-order chi connectivity index (χ0) is 18.6. The van der Waals surface area contributed by atoms with Crippen molar-refractivity contribution in [3.63, 3.8) is 0 Å². The minimum atomic E-state index is -1.39. The molecule has 0 N–H and O–H groups in total. The second kappa shape index (κ2) is 5.59. The van der Waals surface area contributed by atoms with Crippen LogP contribution in [0.25, 0.3) is 6.08 Å². The molecule has 5 heteroatoms. The normalized spacial score (nSPS) is 27.3. The first-order valence-electron chi connectivity index (χ1n) is 9.16. The molecule has 1 saturated carbocycles. The third kappa shape index (κ3) is 2.06. The van der Waals surface area contributed by atoms with Crippen LogP contribution < -0.4 is 4.90 Å². The van der Waals surface area contributed by atoms with Crippen molar-refractivity contribution in [3.8, 4) is 12.1 Å². The predicted octanol–water partition coefficient (Wildman–Crippen LogP) is 3.66. The van der Waals surface area contributed by atoms with Crippen molar-refractivity contribution >= 4 is 17.5 Å². The van der Waals surface area contributed by atoms with Crippen molar-refractivity contribution in [1.82, 2.24) is 0 Å². The van der Waals surface area contributed by atoms with Crippen molar-refractivity contribution in [3.05, 3.63) is 60.1 Å². The number of furan rings is 1. The van der Waals surface area contributed by atoms with Crippen molar-refractivity contribution in [2.24, 2.45) is 11.3 Å². The third-order valence-corrected chi connectivity index (χ3v) is 6.04. The number of hydrogen-bond donors (Lipinski definition) is 0. The molecule has 3 atom stereocenters. The van der Waals surface area contributed by atoms with Gasteiger partial charge in [0.1, 0.15) is 11.8 Å². The smallest absolute Gasteiger partial charge is 0.179 e. The number of ketones is 1. The molecule has 3 aliphatic rings. The van der Waals surface area contributed by atoms with E-state index in [1.165, 1.54) is 6.26 Å². The van der Waals surface area contributed by atoms with E-state index in [0.29, 0.717) is 5.76 Å². The largest absolute Gasteiger partial charge is 0.469 e. The second-order valence-electron chi connectivity index (χ2n) is 7.48. The van der Waals surface area contributed by atoms with Crippen LogP contribution >= 0.6 is 0 Å². The maximum atomic E-state index is 13.4. The molecule has 1 aromatic carbocycles. The van der Waals surface area contributed by atoms with Crippen molar-refractivity contribution in [1.29, 1.82) is 10.5 Å². The zero-order valence-corrected chi connectivity index (χ0v) is 14.6. The molecule has 27 heavy (non-hydrogen) atoms. The van der Waals surface area contributed by atoms with Crippen LogP contribution in [0.3, 0.4) is 0 Å². The Hall–Kier alpha value is -3.31. The minimum Gasteiger partial charge on any atom is -0.469 e. The van der Waals surface area contributed by atoms with Crippen molar-refractivity contribution in [2.45, 2.75) is 30.8 Å². The molecule has 0 spiro atoms. The Morgan fingerprint density at radius 1 is 1.15 bits per heavy atom. The minimum absolute atomic E-state index is 0.0133. The molecule has 132 valence electrons. The summed E-state index contributed by atoms with van der Waals surface area (Å²) in [6.45, 7) is 0. The van der Waals surface area contributed by atoms with Gasteiger partial charge in [-0.05, 0) is 36.6 Å². The number of para-hydroxylation sites is 1. The monoisotopic (exact) mass is 355 g/mol. The molecular weight excluding hydrogens is 338 g/mol. The Bertz CT molecular complexity index is 1010. The fourth-order valence-electron chi connectivity index (χ4n) is 4.64. The van der Waals surface area contributed by atoms with Crippen LogP contribution in [-0.4, -0.2) is 17.9 Å². The summed E-state index contributed by atoms with van der Waals surface area (Å²) in [5.41, 5.74) is 0.497. The van der Waals surface area contributed by atoms with Gasteiger partial charge in [-0.15, -0.1) is 0 Å². The molecule has 3 heterocycles. The summed E-state index contributed by atoms with van der Waals surface area (Å²) < 4.78 is 5.65. The third-order valence-electron chi connectivity index (χ3n) is 6.04. The Balaban J connectivity index is 1.77. The van der Waals surface area contributed by atoms with E-state index in [1.807, 2.05) is 41.3 Å². The molecule has 2 aromatic rings. The van der Waals surface area contributed by atoms with Gasteiger partial charge in [-0.3, -0.25) is 4.79 Å². The number of fused-ring (bicyclic) bond motifs is 3. The number of nitriles is 2. The lowest BCUT2D eigenvalue weighted by atomic mass is 9.71. The maximum Gasteiger partial charge on any atom is 0.179 e. The maximum absolute atomic E-state index is 13.4. The number of benzene rings is 1. The van der Waals surface area contributed by atoms with E-state index in [0.717, 1.165) is 24.1 Å². The Labute approximate surface area is 157 Å². The Kier molecular flexibility index (Phi) is 3.29. The highest BCUT2D eigenvalue weighted by Crippen LogP contribution is 2.56. The molecule has 1 saturated heterocycles. The SMILES string of the molecule is N#CC1(C#N)[C@@H]2C=Cc3ccccc3N2[C@@H](C(=O)C2CC2)[C@@H]1c1ccco1. The summed E-state index contributed by atoms with van der Waals surface area (Å²) in [7, 11) is 0. The van der Waals surface area contributed by atoms with Crippen molar-refractivity contribution in [2.75, 3.05) is 4.90 Å². The lowest BCUT2D eigenvalue weighted by Gasteiger charge is -2.35. The first-order valence-corrected chi connectivity index (χ1v) is 9.16. The van der Waals surface area contributed by atoms with Gasteiger partial charge in [-0.25, -0.2) is 0 Å². The average Bonchev–Trinajstić information content (AvgIpc) is 3.33. The van der Waals surface area contributed by atoms with Gasteiger partial charge in [0.2, 0.25) is 0 Å². The molecule has 0 radical (unpaired) electrons. The van der Waals surface area contributed by atoms with Gasteiger partial charge in [0, 0.05) is 11.6 Å². The summed E-state index contributed by atoms with van der Waals surface area (Å²) in [5.74, 6) is 0.0204. The van der Waals surface area contributed by atoms with Crippen LogP contribution in [0.15, 0.2) is 53.2 Å². The van der Waals surface area contributed by atoms with E-state index >= 15 is 0 Å². The van der Waals surface area contributed by atoms with Gasteiger partial charge >= 0.3 is 0 Å². The molecule has 2 fully saturated rings. The van der Waals surface area contributed by atoms with Crippen LogP contribution in [0.4, 0.5) is 5.69 Å². The van der Waals surface area contributed by atoms with Crippen LogP contribution in [0, 0.1) is 34.0 Å². The average molecular weight is 355 g/mol. The molecule has 5 rings (SSSR count). The zero-order valence-electron chi connectivity index (χ0n) is 14.6. The fraction of sp³-hybridized carbons (Fsp3) is 0.318. The predicted molar refractivity (Wildman–Crippen MR) is 98.4 cm³/mol. The summed E-state index contributed by atoms with van der Waals surface area (Å²) >= 11 is 0. The molecular formula is C22H17N3O2. The molecule has 0 amide bonds. The van der Waals surface area contributed by atoms with Gasteiger partial charge in [-0.1, -0.05) is 30.4 Å². The molecule has 1 aliphatic carbocycles. The van der Waals surface area contributed by atoms with Gasteiger partial charge in [0.05, 0.1) is 30.4 Å². The fourth-order valence-corrected chi connectivity index (χ4v) is 4.64. The summed E-state index contributed by atoms with van der Waals surface area (Å²) in [6, 6.07) is 14.8. The van der Waals surface area contributed by atoms with Crippen LogP contribution in [0.5, 0.6) is 0 Å². The molecule has 0 bridgehead atoms. The number of Topliss-reactive ketones (excluding diaryl/α,β-unsaturated/α-hetero) is 1. The van der Waals surface area contributed by atoms with E-state index in [4.69, 9.17) is 4.42 Å². The van der Waals surface area contributed by atoms with E-state index in [-0.39, 0.29) is 11.7 Å². The van der Waals surface area contributed by atoms with Gasteiger partial charge < -0.3 is 9.32 Å². The van der Waals surface area contributed by atoms with Crippen LogP contribution in [-0.2, 0) is 4.79 Å². The first kappa shape index (κ1) is 15.9. The van der Waals surface area contributed by atoms with Gasteiger partial charge in [0.25, 0.3) is 0 Å². The van der Waals surface area contributed by atoms with E-state index in [9.17, 15) is 15.3 Å². The molecule has 1 aromatic heterocycles. The van der Waals surface area contributed by atoms with Crippen LogP contribution in [0.2, 0.25) is 0 Å². The quantitative estimate of drug-likeness (QED) is 0.839. The lowest BCUT2D eigenvalue weighted by molar-refractivity contribution is -0.121. The summed E-state index contributed by atoms with van der Waals surface area (Å²) in [4.78, 5) is 15.4. The molecule has 2 aliphatic heterocycles. The molecule has 0 unspecified atom stereocenters. The van der Waals surface area contributed by atoms with Crippen LogP contribution in [0.1, 0.15) is 30.1 Å². The number of hydrogen-bond acceptors (Lipinski definition) is 5. The lowest BCUT2D eigenvalue weighted by Crippen LogP contribution is -2.44. The number of anilines is 1. The van der Waals surface area contributed by atoms with E-state index < -0.39 is 23.4 Å². The first-order chi connectivity index (χ1) is 13.2. The number of rotatable bonds is 3. The highest BCUT2D eigenvalue weighted by molar-refractivity contribution is 5.95. The number of carbonyl (C=O) groups excluding carboxylic acids is 1. The summed E-state index contributed by atoms with van der Waals surface area (Å²) in [6.07, 6.45) is 7.13. The van der Waals surface area contributed by atoms with E-state index in [1.54, 1.807) is 12.1 Å².